The molecule has 2 saturated heterocycles. The summed E-state index contributed by atoms with van der Waals surface area (Å²) in [5.74, 6) is 1.81. The monoisotopic (exact) mass is 380 g/mol. The molecule has 6 heteroatoms. The molecule has 2 aromatic rings. The third-order valence-corrected chi connectivity index (χ3v) is 5.68. The Bertz CT molecular complexity index is 794. The zero-order valence-corrected chi connectivity index (χ0v) is 16.5. The lowest BCUT2D eigenvalue weighted by atomic mass is 10.1. The van der Waals surface area contributed by atoms with Crippen molar-refractivity contribution in [1.82, 2.24) is 9.88 Å². The normalized spacial score (nSPS) is 17.5. The minimum Gasteiger partial charge on any atom is -0.497 e. The van der Waals surface area contributed by atoms with Gasteiger partial charge in [0.1, 0.15) is 11.6 Å². The third-order valence-electron chi connectivity index (χ3n) is 5.68. The van der Waals surface area contributed by atoms with Gasteiger partial charge in [-0.15, -0.1) is 0 Å². The highest BCUT2D eigenvalue weighted by Gasteiger charge is 2.26. The number of pyridine rings is 1. The van der Waals surface area contributed by atoms with E-state index in [0.29, 0.717) is 0 Å². The summed E-state index contributed by atoms with van der Waals surface area (Å²) in [6.07, 6.45) is 5.40. The molecular formula is C22H28N4O2. The summed E-state index contributed by atoms with van der Waals surface area (Å²) >= 11 is 0. The Labute approximate surface area is 166 Å². The topological polar surface area (TPSA) is 48.9 Å². The zero-order valence-electron chi connectivity index (χ0n) is 16.5. The average molecular weight is 380 g/mol. The van der Waals surface area contributed by atoms with E-state index in [2.05, 4.69) is 26.9 Å². The van der Waals surface area contributed by atoms with Crippen molar-refractivity contribution in [2.45, 2.75) is 19.3 Å². The molecule has 0 radical (unpaired) electrons. The highest BCUT2D eigenvalue weighted by Crippen LogP contribution is 2.25. The van der Waals surface area contributed by atoms with Gasteiger partial charge in [-0.1, -0.05) is 0 Å². The fourth-order valence-electron chi connectivity index (χ4n) is 4.05. The van der Waals surface area contributed by atoms with E-state index in [9.17, 15) is 4.79 Å². The lowest BCUT2D eigenvalue weighted by Crippen LogP contribution is -2.49. The van der Waals surface area contributed by atoms with Crippen molar-refractivity contribution in [3.8, 4) is 5.75 Å². The van der Waals surface area contributed by atoms with Crippen LogP contribution in [0.4, 0.5) is 11.5 Å². The summed E-state index contributed by atoms with van der Waals surface area (Å²) in [7, 11) is 1.68. The Kier molecular flexibility index (Phi) is 5.65. The van der Waals surface area contributed by atoms with Gasteiger partial charge < -0.3 is 19.4 Å². The van der Waals surface area contributed by atoms with E-state index in [1.54, 1.807) is 13.3 Å². The van der Waals surface area contributed by atoms with Crippen molar-refractivity contribution < 1.29 is 9.53 Å². The highest BCUT2D eigenvalue weighted by atomic mass is 16.5. The number of nitrogens with zero attached hydrogens (tertiary/aromatic N) is 4. The van der Waals surface area contributed by atoms with Crippen LogP contribution in [-0.4, -0.2) is 62.2 Å². The second-order valence-electron chi connectivity index (χ2n) is 7.40. The molecule has 0 N–H and O–H groups in total. The van der Waals surface area contributed by atoms with Gasteiger partial charge in [-0.2, -0.15) is 0 Å². The summed E-state index contributed by atoms with van der Waals surface area (Å²) in [6.45, 7) is 5.08. The first kappa shape index (κ1) is 18.6. The van der Waals surface area contributed by atoms with E-state index < -0.39 is 0 Å². The number of ether oxygens (including phenoxy) is 1. The number of amides is 1. The molecule has 3 heterocycles. The van der Waals surface area contributed by atoms with Crippen LogP contribution < -0.4 is 14.5 Å². The summed E-state index contributed by atoms with van der Waals surface area (Å²) in [5.41, 5.74) is 1.91. The molecule has 2 aliphatic rings. The largest absolute Gasteiger partial charge is 0.497 e. The Morgan fingerprint density at radius 3 is 2.29 bits per heavy atom. The number of rotatable bonds is 4. The number of carbonyl (C=O) groups is 1. The predicted molar refractivity (Wildman–Crippen MR) is 111 cm³/mol. The van der Waals surface area contributed by atoms with E-state index >= 15 is 0 Å². The van der Waals surface area contributed by atoms with Gasteiger partial charge >= 0.3 is 0 Å². The van der Waals surface area contributed by atoms with Crippen LogP contribution in [0.2, 0.25) is 0 Å². The molecule has 1 amide bonds. The molecular weight excluding hydrogens is 352 g/mol. The molecule has 6 nitrogen and oxygen atoms in total. The van der Waals surface area contributed by atoms with Crippen LogP contribution in [0.15, 0.2) is 42.6 Å². The third kappa shape index (κ3) is 3.91. The number of benzene rings is 1. The van der Waals surface area contributed by atoms with Crippen molar-refractivity contribution in [1.29, 1.82) is 0 Å². The molecule has 28 heavy (non-hydrogen) atoms. The van der Waals surface area contributed by atoms with E-state index in [4.69, 9.17) is 4.74 Å². The maximum Gasteiger partial charge on any atom is 0.257 e. The van der Waals surface area contributed by atoms with Gasteiger partial charge in [0.15, 0.2) is 0 Å². The summed E-state index contributed by atoms with van der Waals surface area (Å²) < 4.78 is 5.23. The van der Waals surface area contributed by atoms with Gasteiger partial charge in [-0.25, -0.2) is 4.98 Å². The first-order valence-electron chi connectivity index (χ1n) is 10.1. The molecule has 0 aliphatic carbocycles. The van der Waals surface area contributed by atoms with E-state index in [0.717, 1.165) is 56.4 Å². The van der Waals surface area contributed by atoms with Crippen LogP contribution in [0, 0.1) is 0 Å². The number of hydrogen-bond donors (Lipinski definition) is 0. The van der Waals surface area contributed by atoms with Crippen molar-refractivity contribution in [2.24, 2.45) is 0 Å². The van der Waals surface area contributed by atoms with E-state index in [1.165, 1.54) is 24.9 Å². The predicted octanol–water partition coefficient (Wildman–Crippen LogP) is 3.04. The molecule has 2 fully saturated rings. The lowest BCUT2D eigenvalue weighted by molar-refractivity contribution is 0.0747. The molecule has 1 aromatic carbocycles. The van der Waals surface area contributed by atoms with Crippen LogP contribution in [0.3, 0.4) is 0 Å². The maximum absolute atomic E-state index is 13.2. The Morgan fingerprint density at radius 2 is 1.61 bits per heavy atom. The highest BCUT2D eigenvalue weighted by molar-refractivity contribution is 5.99. The fourth-order valence-corrected chi connectivity index (χ4v) is 4.05. The van der Waals surface area contributed by atoms with Gasteiger partial charge in [0, 0.05) is 51.2 Å². The maximum atomic E-state index is 13.2. The van der Waals surface area contributed by atoms with Gasteiger partial charge in [-0.05, 0) is 55.7 Å². The smallest absolute Gasteiger partial charge is 0.257 e. The van der Waals surface area contributed by atoms with Gasteiger partial charge in [0.25, 0.3) is 5.91 Å². The Balaban J connectivity index is 1.43. The number of methoxy groups -OCH3 is 1. The molecule has 0 atom stereocenters. The number of piperidine rings is 1. The first-order chi connectivity index (χ1) is 13.8. The van der Waals surface area contributed by atoms with Crippen molar-refractivity contribution in [3.63, 3.8) is 0 Å². The number of anilines is 2. The Morgan fingerprint density at radius 1 is 0.893 bits per heavy atom. The Hall–Kier alpha value is -2.76. The molecule has 2 aliphatic heterocycles. The second kappa shape index (κ2) is 8.50. The van der Waals surface area contributed by atoms with Crippen LogP contribution in [0.1, 0.15) is 29.6 Å². The summed E-state index contributed by atoms with van der Waals surface area (Å²) in [5, 5.41) is 0. The van der Waals surface area contributed by atoms with Crippen molar-refractivity contribution in [3.05, 3.63) is 48.2 Å². The molecule has 1 aromatic heterocycles. The molecule has 4 rings (SSSR count). The number of hydrogen-bond acceptors (Lipinski definition) is 5. The minimum atomic E-state index is 0.100. The van der Waals surface area contributed by atoms with Gasteiger partial charge in [0.2, 0.25) is 0 Å². The van der Waals surface area contributed by atoms with Gasteiger partial charge in [-0.3, -0.25) is 4.79 Å². The molecule has 0 saturated carbocycles. The molecule has 0 bridgehead atoms. The molecule has 148 valence electrons. The van der Waals surface area contributed by atoms with Gasteiger partial charge in [0.05, 0.1) is 12.7 Å². The van der Waals surface area contributed by atoms with Crippen LogP contribution in [0.5, 0.6) is 5.75 Å². The van der Waals surface area contributed by atoms with Crippen LogP contribution in [0.25, 0.3) is 0 Å². The van der Waals surface area contributed by atoms with E-state index in [-0.39, 0.29) is 5.91 Å². The number of piperazine rings is 1. The molecule has 0 unspecified atom stereocenters. The lowest BCUT2D eigenvalue weighted by Gasteiger charge is -2.37. The van der Waals surface area contributed by atoms with Crippen molar-refractivity contribution >= 4 is 17.4 Å². The SMILES string of the molecule is COc1ccc(N2CCN(C(=O)c3cccnc3N3CCCCC3)CC2)cc1. The van der Waals surface area contributed by atoms with Crippen LogP contribution >= 0.6 is 0 Å². The standard InChI is InChI=1S/C22H28N4O2/c1-28-19-9-7-18(8-10-19)24-14-16-26(17-15-24)22(27)20-6-5-11-23-21(20)25-12-3-2-4-13-25/h5-11H,2-4,12-17H2,1H3. The fraction of sp³-hybridized carbons (Fsp3) is 0.455. The van der Waals surface area contributed by atoms with Crippen LogP contribution in [-0.2, 0) is 0 Å². The number of aromatic nitrogens is 1. The molecule has 0 spiro atoms. The zero-order chi connectivity index (χ0) is 19.3. The minimum absolute atomic E-state index is 0.100. The van der Waals surface area contributed by atoms with E-state index in [1.807, 2.05) is 29.2 Å². The second-order valence-corrected chi connectivity index (χ2v) is 7.40. The summed E-state index contributed by atoms with van der Waals surface area (Å²) in [6, 6.07) is 11.9. The summed E-state index contributed by atoms with van der Waals surface area (Å²) in [4.78, 5) is 24.3. The van der Waals surface area contributed by atoms with Crippen molar-refractivity contribution in [2.75, 3.05) is 56.2 Å². The quantitative estimate of drug-likeness (QED) is 0.816. The number of carbonyl (C=O) groups excluding carboxylic acids is 1. The average Bonchev–Trinajstić information content (AvgIpc) is 2.79. The first-order valence-corrected chi connectivity index (χ1v) is 10.1.